The number of thioether (sulfide) groups is 1. The molecule has 2 fully saturated rings. The van der Waals surface area contributed by atoms with Crippen LogP contribution in [0.3, 0.4) is 0 Å². The van der Waals surface area contributed by atoms with Crippen LogP contribution in [0.25, 0.3) is 0 Å². The minimum atomic E-state index is -0.793. The first-order valence-electron chi connectivity index (χ1n) is 6.86. The molecule has 4 nitrogen and oxygen atoms in total. The van der Waals surface area contributed by atoms with E-state index in [-0.39, 0.29) is 5.91 Å². The number of hydrogen-bond donors (Lipinski definition) is 1. The van der Waals surface area contributed by atoms with Gasteiger partial charge in [0.25, 0.3) is 5.91 Å². The van der Waals surface area contributed by atoms with Crippen LogP contribution >= 0.6 is 11.8 Å². The zero-order valence-corrected chi connectivity index (χ0v) is 12.0. The molecule has 1 amide bonds. The van der Waals surface area contributed by atoms with E-state index in [0.717, 1.165) is 18.0 Å². The lowest BCUT2D eigenvalue weighted by Crippen LogP contribution is -2.36. The molecule has 1 saturated carbocycles. The van der Waals surface area contributed by atoms with Gasteiger partial charge in [-0.25, -0.2) is 0 Å². The van der Waals surface area contributed by atoms with E-state index in [2.05, 4.69) is 5.32 Å². The van der Waals surface area contributed by atoms with Crippen LogP contribution in [-0.4, -0.2) is 28.7 Å². The van der Waals surface area contributed by atoms with Gasteiger partial charge in [0.15, 0.2) is 10.1 Å². The summed E-state index contributed by atoms with van der Waals surface area (Å²) < 4.78 is 5.52. The average molecular weight is 270 g/mol. The molecule has 0 radical (unpaired) electrons. The SMILES string of the molecule is CCOC1(C)SC(=NC2CCCCCC2)NC1=O. The molecule has 0 bridgehead atoms. The van der Waals surface area contributed by atoms with Gasteiger partial charge >= 0.3 is 0 Å². The van der Waals surface area contributed by atoms with E-state index in [4.69, 9.17) is 9.73 Å². The summed E-state index contributed by atoms with van der Waals surface area (Å²) in [4.78, 5) is 15.8. The van der Waals surface area contributed by atoms with E-state index in [1.54, 1.807) is 0 Å². The minimum absolute atomic E-state index is 0.0817. The van der Waals surface area contributed by atoms with Gasteiger partial charge < -0.3 is 10.1 Å². The van der Waals surface area contributed by atoms with E-state index in [1.807, 2.05) is 13.8 Å². The fourth-order valence-corrected chi connectivity index (χ4v) is 3.48. The van der Waals surface area contributed by atoms with Crippen molar-refractivity contribution in [1.82, 2.24) is 5.32 Å². The van der Waals surface area contributed by atoms with E-state index in [1.165, 1.54) is 37.4 Å². The highest BCUT2D eigenvalue weighted by molar-refractivity contribution is 8.16. The Morgan fingerprint density at radius 3 is 2.67 bits per heavy atom. The largest absolute Gasteiger partial charge is 0.355 e. The molecule has 0 aromatic heterocycles. The van der Waals surface area contributed by atoms with E-state index in [0.29, 0.717) is 12.6 Å². The Balaban J connectivity index is 1.99. The Hall–Kier alpha value is -0.550. The van der Waals surface area contributed by atoms with E-state index in [9.17, 15) is 4.79 Å². The van der Waals surface area contributed by atoms with Gasteiger partial charge in [-0.15, -0.1) is 0 Å². The Bertz CT molecular complexity index is 338. The Kier molecular flexibility index (Phi) is 4.67. The first kappa shape index (κ1) is 13.9. The van der Waals surface area contributed by atoms with Crippen LogP contribution in [0.2, 0.25) is 0 Å². The summed E-state index contributed by atoms with van der Waals surface area (Å²) in [6.45, 7) is 4.25. The molecule has 5 heteroatoms. The highest BCUT2D eigenvalue weighted by atomic mass is 32.2. The number of carbonyl (C=O) groups is 1. The normalized spacial score (nSPS) is 32.6. The van der Waals surface area contributed by atoms with Gasteiger partial charge in [-0.3, -0.25) is 9.79 Å². The second-order valence-electron chi connectivity index (χ2n) is 5.01. The van der Waals surface area contributed by atoms with Crippen LogP contribution in [0, 0.1) is 0 Å². The third-order valence-electron chi connectivity index (χ3n) is 3.47. The van der Waals surface area contributed by atoms with Crippen molar-refractivity contribution in [3.63, 3.8) is 0 Å². The molecule has 0 aromatic rings. The van der Waals surface area contributed by atoms with Gasteiger partial charge in [0.2, 0.25) is 0 Å². The van der Waals surface area contributed by atoms with Crippen molar-refractivity contribution in [1.29, 1.82) is 0 Å². The maximum absolute atomic E-state index is 11.9. The van der Waals surface area contributed by atoms with Crippen molar-refractivity contribution in [2.24, 2.45) is 4.99 Å². The lowest BCUT2D eigenvalue weighted by Gasteiger charge is -2.17. The van der Waals surface area contributed by atoms with Crippen molar-refractivity contribution >= 4 is 22.8 Å². The van der Waals surface area contributed by atoms with Crippen molar-refractivity contribution in [2.45, 2.75) is 63.3 Å². The third kappa shape index (κ3) is 3.26. The summed E-state index contributed by atoms with van der Waals surface area (Å²) in [5, 5.41) is 3.58. The highest BCUT2D eigenvalue weighted by Gasteiger charge is 2.43. The molecule has 1 heterocycles. The molecule has 102 valence electrons. The monoisotopic (exact) mass is 270 g/mol. The molecule has 1 N–H and O–H groups in total. The number of rotatable bonds is 3. The molecule has 1 saturated heterocycles. The van der Waals surface area contributed by atoms with Gasteiger partial charge in [0.1, 0.15) is 0 Å². The third-order valence-corrected chi connectivity index (χ3v) is 4.56. The summed E-state index contributed by atoms with van der Waals surface area (Å²) in [7, 11) is 0. The molecule has 2 rings (SSSR count). The van der Waals surface area contributed by atoms with E-state index < -0.39 is 4.93 Å². The van der Waals surface area contributed by atoms with Gasteiger partial charge in [-0.1, -0.05) is 25.7 Å². The summed E-state index contributed by atoms with van der Waals surface area (Å²) in [5.74, 6) is -0.0817. The van der Waals surface area contributed by atoms with Gasteiger partial charge in [0, 0.05) is 6.61 Å². The number of nitrogens with zero attached hydrogens (tertiary/aromatic N) is 1. The number of aliphatic imine (C=N–C) groups is 1. The van der Waals surface area contributed by atoms with Crippen molar-refractivity contribution in [2.75, 3.05) is 6.61 Å². The van der Waals surface area contributed by atoms with Crippen LogP contribution < -0.4 is 5.32 Å². The number of nitrogens with one attached hydrogen (secondary N) is 1. The standard InChI is InChI=1S/C13H22N2O2S/c1-3-17-13(2)11(16)15-12(18-13)14-10-8-6-4-5-7-9-10/h10H,3-9H2,1-2H3,(H,14,15,16). The molecular weight excluding hydrogens is 248 g/mol. The quantitative estimate of drug-likeness (QED) is 0.802. The number of hydrogen-bond acceptors (Lipinski definition) is 4. The summed E-state index contributed by atoms with van der Waals surface area (Å²) in [6.07, 6.45) is 7.43. The number of amidine groups is 1. The first-order chi connectivity index (χ1) is 8.64. The lowest BCUT2D eigenvalue weighted by molar-refractivity contribution is -0.132. The molecule has 1 unspecified atom stereocenters. The van der Waals surface area contributed by atoms with Gasteiger partial charge in [-0.05, 0) is 38.5 Å². The minimum Gasteiger partial charge on any atom is -0.355 e. The lowest BCUT2D eigenvalue weighted by atomic mass is 10.1. The van der Waals surface area contributed by atoms with Crippen LogP contribution in [-0.2, 0) is 9.53 Å². The van der Waals surface area contributed by atoms with Crippen LogP contribution in [0.5, 0.6) is 0 Å². The predicted octanol–water partition coefficient (Wildman–Crippen LogP) is 2.68. The molecule has 0 spiro atoms. The maximum Gasteiger partial charge on any atom is 0.268 e. The second-order valence-corrected chi connectivity index (χ2v) is 6.38. The van der Waals surface area contributed by atoms with Gasteiger partial charge in [0.05, 0.1) is 6.04 Å². The molecule has 1 atom stereocenters. The topological polar surface area (TPSA) is 50.7 Å². The molecule has 0 aromatic carbocycles. The Morgan fingerprint density at radius 1 is 1.39 bits per heavy atom. The fourth-order valence-electron chi connectivity index (χ4n) is 2.45. The zero-order valence-electron chi connectivity index (χ0n) is 11.2. The van der Waals surface area contributed by atoms with Crippen LogP contribution in [0.1, 0.15) is 52.4 Å². The smallest absolute Gasteiger partial charge is 0.268 e. The molecule has 2 aliphatic rings. The first-order valence-corrected chi connectivity index (χ1v) is 7.68. The summed E-state index contributed by atoms with van der Waals surface area (Å²) in [5.41, 5.74) is 0. The predicted molar refractivity (Wildman–Crippen MR) is 74.7 cm³/mol. The van der Waals surface area contributed by atoms with Gasteiger partial charge in [-0.2, -0.15) is 0 Å². The molecule has 18 heavy (non-hydrogen) atoms. The van der Waals surface area contributed by atoms with Crippen molar-refractivity contribution < 1.29 is 9.53 Å². The Morgan fingerprint density at radius 2 is 2.06 bits per heavy atom. The summed E-state index contributed by atoms with van der Waals surface area (Å²) >= 11 is 1.41. The zero-order chi connectivity index (χ0) is 13.0. The number of carbonyl (C=O) groups excluding carboxylic acids is 1. The molecule has 1 aliphatic carbocycles. The highest BCUT2D eigenvalue weighted by Crippen LogP contribution is 2.33. The average Bonchev–Trinajstić information content (AvgIpc) is 2.53. The molecular formula is C13H22N2O2S. The second kappa shape index (κ2) is 6.06. The number of ether oxygens (including phenoxy) is 1. The van der Waals surface area contributed by atoms with Crippen molar-refractivity contribution in [3.05, 3.63) is 0 Å². The maximum atomic E-state index is 11.9. The number of amides is 1. The van der Waals surface area contributed by atoms with Crippen LogP contribution in [0.15, 0.2) is 4.99 Å². The fraction of sp³-hybridized carbons (Fsp3) is 0.846. The van der Waals surface area contributed by atoms with Crippen LogP contribution in [0.4, 0.5) is 0 Å². The molecule has 1 aliphatic heterocycles. The van der Waals surface area contributed by atoms with E-state index >= 15 is 0 Å². The summed E-state index contributed by atoms with van der Waals surface area (Å²) in [6, 6.07) is 0.374. The van der Waals surface area contributed by atoms with Crippen molar-refractivity contribution in [3.8, 4) is 0 Å². The Labute approximate surface area is 113 Å².